The van der Waals surface area contributed by atoms with E-state index in [0.29, 0.717) is 23.4 Å². The third-order valence-electron chi connectivity index (χ3n) is 5.22. The number of anilines is 1. The molecule has 0 spiro atoms. The standard InChI is InChI=1S/C25H41NO2.Na/c1-3-4-5-6-7-8-9-10-11-12-13-14-15-16-17-21-24(27)22-19-18-20-23(26)25(22)28-2;/h10-11,18-20H,3-9,12-17,21,26H2,1-2H3;/b11-10-;. The van der Waals surface area contributed by atoms with Gasteiger partial charge in [-0.2, -0.15) is 0 Å². The Kier molecular flexibility index (Phi) is 18.7. The summed E-state index contributed by atoms with van der Waals surface area (Å²) in [5.74, 6) is 0.641. The first kappa shape index (κ1) is 28.2. The van der Waals surface area contributed by atoms with Crippen molar-refractivity contribution in [3.8, 4) is 5.75 Å². The molecule has 159 valence electrons. The van der Waals surface area contributed by atoms with Crippen molar-refractivity contribution in [2.75, 3.05) is 12.8 Å². The normalized spacial score (nSPS) is 10.8. The molecule has 0 atom stereocenters. The number of nitrogen functional groups attached to an aromatic ring is 1. The summed E-state index contributed by atoms with van der Waals surface area (Å²) >= 11 is 0. The minimum Gasteiger partial charge on any atom is -0.494 e. The van der Waals surface area contributed by atoms with Gasteiger partial charge in [0.2, 0.25) is 0 Å². The zero-order chi connectivity index (χ0) is 20.5. The van der Waals surface area contributed by atoms with Crippen LogP contribution in [0.2, 0.25) is 0 Å². The Bertz CT molecular complexity index is 572. The number of carbonyl (C=O) groups is 1. The van der Waals surface area contributed by atoms with Crippen molar-refractivity contribution in [1.82, 2.24) is 0 Å². The van der Waals surface area contributed by atoms with Gasteiger partial charge in [-0.25, -0.2) is 0 Å². The molecule has 2 N–H and O–H groups in total. The molecule has 1 rings (SSSR count). The summed E-state index contributed by atoms with van der Waals surface area (Å²) in [5.41, 5.74) is 7.01. The molecule has 0 bridgehead atoms. The van der Waals surface area contributed by atoms with Gasteiger partial charge in [0.05, 0.1) is 18.4 Å². The van der Waals surface area contributed by atoms with Crippen LogP contribution in [0.5, 0.6) is 5.75 Å². The third kappa shape index (κ3) is 13.2. The Labute approximate surface area is 201 Å². The fraction of sp³-hybridized carbons (Fsp3) is 0.640. The van der Waals surface area contributed by atoms with E-state index in [1.54, 1.807) is 19.2 Å². The molecule has 0 amide bonds. The van der Waals surface area contributed by atoms with Gasteiger partial charge >= 0.3 is 0 Å². The monoisotopic (exact) mass is 410 g/mol. The van der Waals surface area contributed by atoms with Gasteiger partial charge < -0.3 is 10.5 Å². The Morgan fingerprint density at radius 1 is 0.897 bits per heavy atom. The van der Waals surface area contributed by atoms with E-state index in [2.05, 4.69) is 19.1 Å². The maximum absolute atomic E-state index is 12.4. The summed E-state index contributed by atoms with van der Waals surface area (Å²) in [4.78, 5) is 12.4. The topological polar surface area (TPSA) is 52.3 Å². The quantitative estimate of drug-likeness (QED) is 0.0978. The van der Waals surface area contributed by atoms with Gasteiger partial charge in [-0.15, -0.1) is 0 Å². The van der Waals surface area contributed by atoms with Crippen molar-refractivity contribution in [3.63, 3.8) is 0 Å². The summed E-state index contributed by atoms with van der Waals surface area (Å²) in [6.07, 6.45) is 21.7. The van der Waals surface area contributed by atoms with E-state index in [1.165, 1.54) is 70.6 Å². The molecule has 0 aromatic heterocycles. The Balaban J connectivity index is 0.00000784. The van der Waals surface area contributed by atoms with Gasteiger partial charge in [0.15, 0.2) is 11.5 Å². The van der Waals surface area contributed by atoms with Gasteiger partial charge in [0.25, 0.3) is 0 Å². The molecular formula is C25H41NNaO2. The predicted octanol–water partition coefficient (Wildman–Crippen LogP) is 7.12. The summed E-state index contributed by atoms with van der Waals surface area (Å²) in [6, 6.07) is 5.37. The summed E-state index contributed by atoms with van der Waals surface area (Å²) in [6.45, 7) is 2.26. The van der Waals surface area contributed by atoms with Gasteiger partial charge in [0.1, 0.15) is 0 Å². The number of Topliss-reactive ketones (excluding diaryl/α,β-unsaturated/α-hetero) is 1. The van der Waals surface area contributed by atoms with Crippen LogP contribution in [0.25, 0.3) is 0 Å². The van der Waals surface area contributed by atoms with Gasteiger partial charge in [-0.3, -0.25) is 4.79 Å². The van der Waals surface area contributed by atoms with Crippen LogP contribution >= 0.6 is 0 Å². The predicted molar refractivity (Wildman–Crippen MR) is 127 cm³/mol. The van der Waals surface area contributed by atoms with Crippen LogP contribution in [0, 0.1) is 0 Å². The van der Waals surface area contributed by atoms with Crippen LogP contribution in [0.1, 0.15) is 107 Å². The molecular weight excluding hydrogens is 369 g/mol. The average Bonchev–Trinajstić information content (AvgIpc) is 2.70. The van der Waals surface area contributed by atoms with Gasteiger partial charge in [-0.1, -0.05) is 76.5 Å². The second-order valence-electron chi connectivity index (χ2n) is 7.69. The zero-order valence-corrected chi connectivity index (χ0v) is 21.2. The molecule has 4 heteroatoms. The number of hydrogen-bond donors (Lipinski definition) is 1. The second-order valence-corrected chi connectivity index (χ2v) is 7.69. The van der Waals surface area contributed by atoms with Crippen molar-refractivity contribution in [3.05, 3.63) is 35.9 Å². The molecule has 1 radical (unpaired) electrons. The number of benzene rings is 1. The fourth-order valence-corrected chi connectivity index (χ4v) is 3.49. The number of allylic oxidation sites excluding steroid dienone is 2. The van der Waals surface area contributed by atoms with E-state index in [0.717, 1.165) is 12.8 Å². The van der Waals surface area contributed by atoms with Crippen LogP contribution in [-0.4, -0.2) is 42.5 Å². The van der Waals surface area contributed by atoms with Crippen LogP contribution in [0.3, 0.4) is 0 Å². The minimum absolute atomic E-state index is 0. The maximum Gasteiger partial charge on any atom is 0.166 e. The molecule has 29 heavy (non-hydrogen) atoms. The Hall–Kier alpha value is -0.770. The van der Waals surface area contributed by atoms with E-state index >= 15 is 0 Å². The Morgan fingerprint density at radius 3 is 2.03 bits per heavy atom. The number of carbonyl (C=O) groups excluding carboxylic acids is 1. The van der Waals surface area contributed by atoms with Crippen molar-refractivity contribution in [2.24, 2.45) is 0 Å². The van der Waals surface area contributed by atoms with E-state index in [4.69, 9.17) is 10.5 Å². The Morgan fingerprint density at radius 2 is 1.45 bits per heavy atom. The first-order valence-electron chi connectivity index (χ1n) is 11.3. The number of para-hydroxylation sites is 1. The molecule has 3 nitrogen and oxygen atoms in total. The second kappa shape index (κ2) is 19.2. The number of unbranched alkanes of at least 4 members (excludes halogenated alkanes) is 11. The molecule has 0 unspecified atom stereocenters. The van der Waals surface area contributed by atoms with Crippen molar-refractivity contribution in [1.29, 1.82) is 0 Å². The van der Waals surface area contributed by atoms with Crippen LogP contribution in [-0.2, 0) is 0 Å². The van der Waals surface area contributed by atoms with E-state index < -0.39 is 0 Å². The smallest absolute Gasteiger partial charge is 0.166 e. The molecule has 0 saturated heterocycles. The molecule has 0 saturated carbocycles. The first-order chi connectivity index (χ1) is 13.7. The molecule has 0 aliphatic carbocycles. The van der Waals surface area contributed by atoms with E-state index in [-0.39, 0.29) is 35.3 Å². The zero-order valence-electron chi connectivity index (χ0n) is 19.2. The number of ketones is 1. The minimum atomic E-state index is 0. The number of ether oxygens (including phenoxy) is 1. The third-order valence-corrected chi connectivity index (χ3v) is 5.22. The summed E-state index contributed by atoms with van der Waals surface area (Å²) in [7, 11) is 1.56. The summed E-state index contributed by atoms with van der Waals surface area (Å²) < 4.78 is 5.27. The van der Waals surface area contributed by atoms with Crippen LogP contribution in [0.15, 0.2) is 30.4 Å². The summed E-state index contributed by atoms with van der Waals surface area (Å²) in [5, 5.41) is 0. The number of nitrogens with two attached hydrogens (primary N) is 1. The number of hydrogen-bond acceptors (Lipinski definition) is 3. The van der Waals surface area contributed by atoms with Crippen molar-refractivity contribution in [2.45, 2.75) is 96.8 Å². The average molecular weight is 411 g/mol. The molecule has 1 aromatic carbocycles. The van der Waals surface area contributed by atoms with Crippen LogP contribution in [0.4, 0.5) is 5.69 Å². The van der Waals surface area contributed by atoms with E-state index in [1.807, 2.05) is 6.07 Å². The fourth-order valence-electron chi connectivity index (χ4n) is 3.49. The number of methoxy groups -OCH3 is 1. The van der Waals surface area contributed by atoms with E-state index in [9.17, 15) is 4.79 Å². The van der Waals surface area contributed by atoms with Crippen LogP contribution < -0.4 is 10.5 Å². The van der Waals surface area contributed by atoms with Gasteiger partial charge in [0, 0.05) is 36.0 Å². The van der Waals surface area contributed by atoms with Gasteiger partial charge in [-0.05, 0) is 44.2 Å². The number of rotatable bonds is 17. The molecule has 0 aliphatic heterocycles. The SMILES string of the molecule is CCCCCCCC/C=C\CCCCCCCC(=O)c1cccc(N)c1OC.[Na]. The van der Waals surface area contributed by atoms with Crippen molar-refractivity contribution < 1.29 is 9.53 Å². The maximum atomic E-state index is 12.4. The molecule has 0 aliphatic rings. The van der Waals surface area contributed by atoms with Crippen molar-refractivity contribution >= 4 is 41.0 Å². The molecule has 1 aromatic rings. The first-order valence-corrected chi connectivity index (χ1v) is 11.3. The largest absolute Gasteiger partial charge is 0.494 e. The molecule has 0 heterocycles. The molecule has 0 fully saturated rings.